The van der Waals surface area contributed by atoms with Crippen LogP contribution in [0.1, 0.15) is 130 Å². The predicted molar refractivity (Wildman–Crippen MR) is 146 cm³/mol. The predicted octanol–water partition coefficient (Wildman–Crippen LogP) is 6.45. The zero-order valence-electron chi connectivity index (χ0n) is 22.6. The van der Waals surface area contributed by atoms with Crippen molar-refractivity contribution >= 4 is 29.0 Å². The van der Waals surface area contributed by atoms with Gasteiger partial charge in [0.1, 0.15) is 0 Å². The molecule has 0 bridgehead atoms. The fourth-order valence-electron chi connectivity index (χ4n) is 4.26. The molecule has 0 aliphatic heterocycles. The normalized spacial score (nSPS) is 13.2. The average molecular weight is 500 g/mol. The van der Waals surface area contributed by atoms with E-state index in [9.17, 15) is 9.59 Å². The fourth-order valence-corrected chi connectivity index (χ4v) is 4.67. The zero-order valence-corrected chi connectivity index (χ0v) is 23.5. The summed E-state index contributed by atoms with van der Waals surface area (Å²) in [5.74, 6) is -1.20. The minimum atomic E-state index is -0.533. The van der Waals surface area contributed by atoms with Crippen LogP contribution in [0.3, 0.4) is 0 Å². The van der Waals surface area contributed by atoms with Gasteiger partial charge in [0.2, 0.25) is 11.8 Å². The summed E-state index contributed by atoms with van der Waals surface area (Å²) in [7, 11) is 1.75. The van der Waals surface area contributed by atoms with Gasteiger partial charge in [0.15, 0.2) is 0 Å². The molecule has 0 aromatic rings. The molecule has 2 atom stereocenters. The van der Waals surface area contributed by atoms with E-state index in [0.717, 1.165) is 19.3 Å². The molecule has 0 aromatic heterocycles. The second kappa shape index (κ2) is 20.0. The molecule has 200 valence electrons. The molecule has 6 nitrogen and oxygen atoms in total. The topological polar surface area (TPSA) is 90.5 Å². The van der Waals surface area contributed by atoms with Crippen LogP contribution in [0.2, 0.25) is 0 Å². The first-order valence-electron chi connectivity index (χ1n) is 13.6. The zero-order chi connectivity index (χ0) is 25.8. The molecule has 0 saturated heterocycles. The summed E-state index contributed by atoms with van der Waals surface area (Å²) in [6.07, 6.45) is 18.5. The average Bonchev–Trinajstić information content (AvgIpc) is 2.80. The van der Waals surface area contributed by atoms with Crippen LogP contribution in [-0.4, -0.2) is 35.1 Å². The van der Waals surface area contributed by atoms with Crippen molar-refractivity contribution in [1.29, 1.82) is 0 Å². The summed E-state index contributed by atoms with van der Waals surface area (Å²) >= 11 is 5.40. The van der Waals surface area contributed by atoms with E-state index in [4.69, 9.17) is 17.4 Å². The van der Waals surface area contributed by atoms with Gasteiger partial charge in [-0.3, -0.25) is 14.8 Å². The van der Waals surface area contributed by atoms with Crippen molar-refractivity contribution in [3.8, 4) is 0 Å². The van der Waals surface area contributed by atoms with Crippen LogP contribution >= 0.6 is 12.2 Å². The molecule has 7 heteroatoms. The first-order valence-corrected chi connectivity index (χ1v) is 14.0. The maximum Gasteiger partial charge on any atom is 0.244 e. The van der Waals surface area contributed by atoms with E-state index >= 15 is 0 Å². The van der Waals surface area contributed by atoms with Crippen molar-refractivity contribution < 1.29 is 14.8 Å². The minimum absolute atomic E-state index is 0.0239. The molecule has 0 saturated carbocycles. The van der Waals surface area contributed by atoms with Crippen molar-refractivity contribution in [1.82, 2.24) is 16.1 Å². The molecule has 0 spiro atoms. The molecule has 0 aliphatic carbocycles. The summed E-state index contributed by atoms with van der Waals surface area (Å²) < 4.78 is 0. The Morgan fingerprint density at radius 2 is 1.26 bits per heavy atom. The van der Waals surface area contributed by atoms with Gasteiger partial charge in [-0.2, -0.15) is 0 Å². The molecular formula is C27H53N3O3S. The first kappa shape index (κ1) is 32.8. The second-order valence-electron chi connectivity index (χ2n) is 10.7. The van der Waals surface area contributed by atoms with Gasteiger partial charge in [0, 0.05) is 19.4 Å². The lowest BCUT2D eigenvalue weighted by atomic mass is 9.85. The van der Waals surface area contributed by atoms with Crippen LogP contribution in [0, 0.1) is 11.3 Å². The Balaban J connectivity index is 4.25. The number of likely N-dealkylation sites (N-methyl/N-ethyl adjacent to an activating group) is 1. The molecule has 2 amide bonds. The molecule has 4 N–H and O–H groups in total. The molecule has 2 unspecified atom stereocenters. The highest BCUT2D eigenvalue weighted by atomic mass is 32.1. The van der Waals surface area contributed by atoms with E-state index in [0.29, 0.717) is 11.4 Å². The number of carbonyl (C=O) groups is 2. The van der Waals surface area contributed by atoms with E-state index in [1.165, 1.54) is 70.6 Å². The monoisotopic (exact) mass is 499 g/mol. The number of nitrogens with one attached hydrogen (secondary N) is 3. The minimum Gasteiger partial charge on any atom is -0.381 e. The van der Waals surface area contributed by atoms with Gasteiger partial charge < -0.3 is 10.6 Å². The highest BCUT2D eigenvalue weighted by Crippen LogP contribution is 2.22. The van der Waals surface area contributed by atoms with Crippen molar-refractivity contribution in [3.63, 3.8) is 0 Å². The van der Waals surface area contributed by atoms with E-state index in [-0.39, 0.29) is 23.8 Å². The summed E-state index contributed by atoms with van der Waals surface area (Å²) in [5, 5.41) is 14.9. The third-order valence-corrected chi connectivity index (χ3v) is 6.93. The third kappa shape index (κ3) is 16.4. The Bertz CT molecular complexity index is 564. The Labute approximate surface area is 214 Å². The van der Waals surface area contributed by atoms with Crippen molar-refractivity contribution in [2.24, 2.45) is 11.3 Å². The van der Waals surface area contributed by atoms with Gasteiger partial charge in [-0.15, -0.1) is 0 Å². The number of hydroxylamine groups is 1. The number of unbranched alkanes of at least 4 members (excludes halogenated alkanes) is 13. The van der Waals surface area contributed by atoms with Crippen molar-refractivity contribution in [2.75, 3.05) is 7.05 Å². The molecule has 0 aromatic carbocycles. The summed E-state index contributed by atoms with van der Waals surface area (Å²) in [5.41, 5.74) is 1.41. The number of rotatable bonds is 20. The Hall–Kier alpha value is -1.21. The maximum absolute atomic E-state index is 13.0. The van der Waals surface area contributed by atoms with E-state index in [1.807, 2.05) is 20.8 Å². The van der Waals surface area contributed by atoms with Crippen LogP contribution in [-0.2, 0) is 9.59 Å². The van der Waals surface area contributed by atoms with Crippen molar-refractivity contribution in [3.05, 3.63) is 0 Å². The molecule has 0 rings (SSSR count). The molecule has 0 fully saturated rings. The maximum atomic E-state index is 13.0. The Kier molecular flexibility index (Phi) is 19.3. The van der Waals surface area contributed by atoms with Gasteiger partial charge in [0.05, 0.1) is 11.0 Å². The van der Waals surface area contributed by atoms with Crippen LogP contribution in [0.15, 0.2) is 0 Å². The summed E-state index contributed by atoms with van der Waals surface area (Å²) in [4.78, 5) is 25.3. The number of carbonyl (C=O) groups excluding carboxylic acids is 2. The number of amides is 2. The first-order chi connectivity index (χ1) is 16.2. The number of hydrogen-bond acceptors (Lipinski definition) is 4. The van der Waals surface area contributed by atoms with Gasteiger partial charge in [-0.1, -0.05) is 130 Å². The van der Waals surface area contributed by atoms with Crippen LogP contribution in [0.4, 0.5) is 0 Å². The van der Waals surface area contributed by atoms with E-state index < -0.39 is 11.8 Å². The fraction of sp³-hybridized carbons (Fsp3) is 0.889. The standard InChI is InChI=1S/C27H53N3O3S/c1-6-7-8-9-10-11-12-13-14-15-16-17-18-19-20-22(21-23(31)30-33)25(32)29-24(26(34)28-5)27(2,3)4/h22,24,33H,6-21H2,1-5H3,(H,28,34)(H,29,32)(H,30,31). The SMILES string of the molecule is CCCCCCCCCCCCCCCCC(CC(=O)NO)C(=O)NC(C(=S)NC)C(C)(C)C. The summed E-state index contributed by atoms with van der Waals surface area (Å²) in [6, 6.07) is -0.323. The highest BCUT2D eigenvalue weighted by Gasteiger charge is 2.32. The van der Waals surface area contributed by atoms with E-state index in [1.54, 1.807) is 12.5 Å². The van der Waals surface area contributed by atoms with Crippen LogP contribution in [0.5, 0.6) is 0 Å². The van der Waals surface area contributed by atoms with E-state index in [2.05, 4.69) is 17.6 Å². The largest absolute Gasteiger partial charge is 0.381 e. The molecule has 0 heterocycles. The third-order valence-electron chi connectivity index (χ3n) is 6.49. The Morgan fingerprint density at radius 3 is 1.65 bits per heavy atom. The molecule has 34 heavy (non-hydrogen) atoms. The van der Waals surface area contributed by atoms with Gasteiger partial charge in [-0.05, 0) is 11.8 Å². The van der Waals surface area contributed by atoms with Crippen molar-refractivity contribution in [2.45, 2.75) is 136 Å². The lowest BCUT2D eigenvalue weighted by molar-refractivity contribution is -0.135. The smallest absolute Gasteiger partial charge is 0.244 e. The van der Waals surface area contributed by atoms with Gasteiger partial charge >= 0.3 is 0 Å². The van der Waals surface area contributed by atoms with Crippen LogP contribution < -0.4 is 16.1 Å². The lowest BCUT2D eigenvalue weighted by Gasteiger charge is -2.33. The molecular weight excluding hydrogens is 446 g/mol. The highest BCUT2D eigenvalue weighted by molar-refractivity contribution is 7.80. The second-order valence-corrected chi connectivity index (χ2v) is 11.2. The summed E-state index contributed by atoms with van der Waals surface area (Å²) in [6.45, 7) is 8.32. The number of hydrogen-bond donors (Lipinski definition) is 4. The quantitative estimate of drug-likeness (QED) is 0.0669. The molecule has 0 aliphatic rings. The Morgan fingerprint density at radius 1 is 0.824 bits per heavy atom. The van der Waals surface area contributed by atoms with Gasteiger partial charge in [-0.25, -0.2) is 5.48 Å². The van der Waals surface area contributed by atoms with Crippen LogP contribution in [0.25, 0.3) is 0 Å². The number of thiocarbonyl (C=S) groups is 1. The molecule has 0 radical (unpaired) electrons. The lowest BCUT2D eigenvalue weighted by Crippen LogP contribution is -2.53. The van der Waals surface area contributed by atoms with Gasteiger partial charge in [0.25, 0.3) is 0 Å².